The van der Waals surface area contributed by atoms with Crippen molar-refractivity contribution in [3.05, 3.63) is 47.0 Å². The van der Waals surface area contributed by atoms with Gasteiger partial charge in [0.15, 0.2) is 5.82 Å². The zero-order chi connectivity index (χ0) is 19.5. The van der Waals surface area contributed by atoms with Crippen molar-refractivity contribution < 1.29 is 9.59 Å². The first kappa shape index (κ1) is 18.7. The van der Waals surface area contributed by atoms with Gasteiger partial charge in [-0.15, -0.1) is 0 Å². The molecule has 1 aliphatic heterocycles. The van der Waals surface area contributed by atoms with E-state index in [0.717, 1.165) is 74.9 Å². The van der Waals surface area contributed by atoms with Crippen molar-refractivity contribution in [2.75, 3.05) is 5.32 Å². The van der Waals surface area contributed by atoms with Crippen LogP contribution >= 0.6 is 0 Å². The Kier molecular flexibility index (Phi) is 5.46. The van der Waals surface area contributed by atoms with Crippen LogP contribution in [0.4, 0.5) is 5.69 Å². The number of para-hydroxylation sites is 1. The molecule has 0 unspecified atom stereocenters. The summed E-state index contributed by atoms with van der Waals surface area (Å²) in [7, 11) is 0. The summed E-state index contributed by atoms with van der Waals surface area (Å²) in [5, 5.41) is 6.12. The highest BCUT2D eigenvalue weighted by Gasteiger charge is 2.29. The summed E-state index contributed by atoms with van der Waals surface area (Å²) >= 11 is 0. The summed E-state index contributed by atoms with van der Waals surface area (Å²) in [5.74, 6) is -0.0355. The lowest BCUT2D eigenvalue weighted by Gasteiger charge is -2.18. The number of aromatic nitrogens is 2. The van der Waals surface area contributed by atoms with Crippen molar-refractivity contribution in [1.29, 1.82) is 0 Å². The molecule has 1 aromatic heterocycles. The molecule has 1 aliphatic carbocycles. The van der Waals surface area contributed by atoms with Crippen LogP contribution in [0.15, 0.2) is 24.3 Å². The molecule has 0 radical (unpaired) electrons. The maximum Gasteiger partial charge on any atom is 0.291 e. The smallest absolute Gasteiger partial charge is 0.291 e. The Balaban J connectivity index is 1.60. The number of imidazole rings is 1. The lowest BCUT2D eigenvalue weighted by molar-refractivity contribution is 0.0931. The van der Waals surface area contributed by atoms with E-state index in [1.54, 1.807) is 0 Å². The second kappa shape index (κ2) is 8.17. The Bertz CT molecular complexity index is 881. The van der Waals surface area contributed by atoms with E-state index in [1.165, 1.54) is 0 Å². The summed E-state index contributed by atoms with van der Waals surface area (Å²) in [6, 6.07) is 8.04. The number of rotatable bonds is 5. The first-order valence-electron chi connectivity index (χ1n) is 10.5. The van der Waals surface area contributed by atoms with Gasteiger partial charge in [-0.25, -0.2) is 4.98 Å². The lowest BCUT2D eigenvalue weighted by atomic mass is 10.1. The number of hydrogen-bond acceptors (Lipinski definition) is 3. The predicted molar refractivity (Wildman–Crippen MR) is 109 cm³/mol. The van der Waals surface area contributed by atoms with E-state index in [2.05, 4.69) is 22.5 Å². The molecule has 2 N–H and O–H groups in total. The summed E-state index contributed by atoms with van der Waals surface area (Å²) in [6.07, 6.45) is 8.04. The highest BCUT2D eigenvalue weighted by molar-refractivity contribution is 6.04. The number of benzene rings is 1. The van der Waals surface area contributed by atoms with E-state index in [-0.39, 0.29) is 17.9 Å². The third-order valence-electron chi connectivity index (χ3n) is 5.87. The molecule has 148 valence electrons. The van der Waals surface area contributed by atoms with Crippen LogP contribution in [-0.2, 0) is 19.4 Å². The van der Waals surface area contributed by atoms with Gasteiger partial charge < -0.3 is 15.2 Å². The van der Waals surface area contributed by atoms with Gasteiger partial charge in [-0.05, 0) is 50.2 Å². The molecule has 4 rings (SSSR count). The number of nitrogens with one attached hydrogen (secondary N) is 2. The Labute approximate surface area is 165 Å². The first-order valence-corrected chi connectivity index (χ1v) is 10.5. The predicted octanol–water partition coefficient (Wildman–Crippen LogP) is 3.71. The van der Waals surface area contributed by atoms with Crippen LogP contribution in [0.25, 0.3) is 0 Å². The number of hydrogen-bond donors (Lipinski definition) is 2. The van der Waals surface area contributed by atoms with Crippen molar-refractivity contribution in [1.82, 2.24) is 14.9 Å². The Morgan fingerprint density at radius 2 is 1.89 bits per heavy atom. The Morgan fingerprint density at radius 3 is 2.68 bits per heavy atom. The molecule has 28 heavy (non-hydrogen) atoms. The molecule has 0 spiro atoms. The van der Waals surface area contributed by atoms with Crippen molar-refractivity contribution in [2.45, 2.75) is 70.9 Å². The molecule has 2 heterocycles. The van der Waals surface area contributed by atoms with Gasteiger partial charge in [0, 0.05) is 18.3 Å². The third-order valence-corrected chi connectivity index (χ3v) is 5.87. The summed E-state index contributed by atoms with van der Waals surface area (Å²) in [5.41, 5.74) is 3.22. The van der Waals surface area contributed by atoms with Crippen LogP contribution in [0.3, 0.4) is 0 Å². The van der Waals surface area contributed by atoms with E-state index in [4.69, 9.17) is 0 Å². The number of anilines is 1. The average molecular weight is 380 g/mol. The summed E-state index contributed by atoms with van der Waals surface area (Å²) in [4.78, 5) is 30.4. The quantitative estimate of drug-likeness (QED) is 0.830. The van der Waals surface area contributed by atoms with Crippen LogP contribution in [0.5, 0.6) is 0 Å². The third kappa shape index (κ3) is 3.68. The minimum absolute atomic E-state index is 0.134. The van der Waals surface area contributed by atoms with Gasteiger partial charge in [-0.2, -0.15) is 0 Å². The SMILES string of the molecule is CCc1ccccc1NC(=O)c1nc(C(=O)NC2CCCC2)c2n1CCCC2. The zero-order valence-electron chi connectivity index (χ0n) is 16.5. The fraction of sp³-hybridized carbons (Fsp3) is 0.500. The number of nitrogens with zero attached hydrogens (tertiary/aromatic N) is 2. The molecule has 1 fully saturated rings. The fourth-order valence-corrected chi connectivity index (χ4v) is 4.35. The standard InChI is InChI=1S/C22H28N4O2/c1-2-15-9-3-6-12-17(15)24-22(28)20-25-19(18-13-7-8-14-26(18)20)21(27)23-16-10-4-5-11-16/h3,6,9,12,16H,2,4-5,7-8,10-11,13-14H2,1H3,(H,23,27)(H,24,28). The second-order valence-corrected chi connectivity index (χ2v) is 7.76. The molecule has 0 bridgehead atoms. The molecule has 2 aliphatic rings. The average Bonchev–Trinajstić information content (AvgIpc) is 3.36. The Morgan fingerprint density at radius 1 is 1.11 bits per heavy atom. The van der Waals surface area contributed by atoms with E-state index < -0.39 is 0 Å². The molecule has 0 atom stereocenters. The van der Waals surface area contributed by atoms with E-state index in [9.17, 15) is 9.59 Å². The fourth-order valence-electron chi connectivity index (χ4n) is 4.35. The minimum Gasteiger partial charge on any atom is -0.348 e. The molecule has 6 nitrogen and oxygen atoms in total. The van der Waals surface area contributed by atoms with Gasteiger partial charge in [0.25, 0.3) is 11.8 Å². The summed E-state index contributed by atoms with van der Waals surface area (Å²) in [6.45, 7) is 2.80. The zero-order valence-corrected chi connectivity index (χ0v) is 16.5. The highest BCUT2D eigenvalue weighted by atomic mass is 16.2. The molecular formula is C22H28N4O2. The topological polar surface area (TPSA) is 76.0 Å². The van der Waals surface area contributed by atoms with Crippen LogP contribution in [0, 0.1) is 0 Å². The molecule has 1 aromatic carbocycles. The van der Waals surface area contributed by atoms with Crippen molar-refractivity contribution in [3.8, 4) is 0 Å². The van der Waals surface area contributed by atoms with E-state index in [0.29, 0.717) is 11.5 Å². The van der Waals surface area contributed by atoms with Gasteiger partial charge in [-0.3, -0.25) is 9.59 Å². The maximum absolute atomic E-state index is 13.0. The number of aryl methyl sites for hydroxylation is 1. The number of amides is 2. The summed E-state index contributed by atoms with van der Waals surface area (Å²) < 4.78 is 1.94. The largest absolute Gasteiger partial charge is 0.348 e. The number of fused-ring (bicyclic) bond motifs is 1. The molecule has 1 saturated carbocycles. The van der Waals surface area contributed by atoms with Crippen LogP contribution in [0.1, 0.15) is 77.8 Å². The van der Waals surface area contributed by atoms with Crippen molar-refractivity contribution in [3.63, 3.8) is 0 Å². The monoisotopic (exact) mass is 380 g/mol. The van der Waals surface area contributed by atoms with Crippen LogP contribution in [-0.4, -0.2) is 27.4 Å². The van der Waals surface area contributed by atoms with Crippen molar-refractivity contribution in [2.24, 2.45) is 0 Å². The molecule has 6 heteroatoms. The lowest BCUT2D eigenvalue weighted by Crippen LogP contribution is -2.33. The van der Waals surface area contributed by atoms with Gasteiger partial charge >= 0.3 is 0 Å². The number of carbonyl (C=O) groups excluding carboxylic acids is 2. The molecule has 2 aromatic rings. The molecule has 2 amide bonds. The van der Waals surface area contributed by atoms with E-state index >= 15 is 0 Å². The van der Waals surface area contributed by atoms with Crippen LogP contribution < -0.4 is 10.6 Å². The first-order chi connectivity index (χ1) is 13.7. The normalized spacial score (nSPS) is 16.6. The van der Waals surface area contributed by atoms with Gasteiger partial charge in [0.2, 0.25) is 0 Å². The second-order valence-electron chi connectivity index (χ2n) is 7.76. The number of carbonyl (C=O) groups is 2. The van der Waals surface area contributed by atoms with E-state index in [1.807, 2.05) is 28.8 Å². The van der Waals surface area contributed by atoms with Gasteiger partial charge in [0.05, 0.1) is 5.69 Å². The van der Waals surface area contributed by atoms with Gasteiger partial charge in [-0.1, -0.05) is 38.0 Å². The molecular weight excluding hydrogens is 352 g/mol. The van der Waals surface area contributed by atoms with Crippen molar-refractivity contribution >= 4 is 17.5 Å². The minimum atomic E-state index is -0.246. The maximum atomic E-state index is 13.0. The van der Waals surface area contributed by atoms with Gasteiger partial charge in [0.1, 0.15) is 5.69 Å². The highest BCUT2D eigenvalue weighted by Crippen LogP contribution is 2.24. The van der Waals surface area contributed by atoms with Crippen LogP contribution in [0.2, 0.25) is 0 Å². The molecule has 0 saturated heterocycles. The Hall–Kier alpha value is -2.63.